The maximum Gasteiger partial charge on any atom is 0.171 e. The van der Waals surface area contributed by atoms with Crippen LogP contribution in [0.3, 0.4) is 0 Å². The lowest BCUT2D eigenvalue weighted by molar-refractivity contribution is 0.551. The third-order valence-electron chi connectivity index (χ3n) is 3.26. The molecular formula is C12H18ClN3. The van der Waals surface area contributed by atoms with Gasteiger partial charge in [-0.25, -0.2) is 9.97 Å². The molecule has 1 atom stereocenters. The molecule has 16 heavy (non-hydrogen) atoms. The predicted molar refractivity (Wildman–Crippen MR) is 66.9 cm³/mol. The quantitative estimate of drug-likeness (QED) is 0.793. The van der Waals surface area contributed by atoms with E-state index in [0.717, 1.165) is 18.8 Å². The van der Waals surface area contributed by atoms with Crippen molar-refractivity contribution in [2.75, 3.05) is 11.4 Å². The van der Waals surface area contributed by atoms with E-state index in [-0.39, 0.29) is 0 Å². The first-order chi connectivity index (χ1) is 7.83. The van der Waals surface area contributed by atoms with Gasteiger partial charge in [-0.15, -0.1) is 0 Å². The highest BCUT2D eigenvalue weighted by Gasteiger charge is 2.22. The fourth-order valence-corrected chi connectivity index (χ4v) is 2.60. The highest BCUT2D eigenvalue weighted by atomic mass is 35.5. The predicted octanol–water partition coefficient (Wildman–Crippen LogP) is 3.29. The average Bonchev–Trinajstić information content (AvgIpc) is 2.54. The summed E-state index contributed by atoms with van der Waals surface area (Å²) in [7, 11) is 0. The number of anilines is 1. The Morgan fingerprint density at radius 2 is 2.12 bits per heavy atom. The molecule has 1 aromatic heterocycles. The molecule has 4 heteroatoms. The SMILES string of the molecule is CCC1CCCCCN1c1nccnc1Cl. The van der Waals surface area contributed by atoms with E-state index in [1.165, 1.54) is 25.7 Å². The van der Waals surface area contributed by atoms with E-state index >= 15 is 0 Å². The van der Waals surface area contributed by atoms with E-state index in [1.54, 1.807) is 12.4 Å². The van der Waals surface area contributed by atoms with Crippen LogP contribution in [0.15, 0.2) is 12.4 Å². The number of halogens is 1. The number of nitrogens with zero attached hydrogens (tertiary/aromatic N) is 3. The van der Waals surface area contributed by atoms with Crippen LogP contribution >= 0.6 is 11.6 Å². The molecular weight excluding hydrogens is 222 g/mol. The third kappa shape index (κ3) is 2.46. The van der Waals surface area contributed by atoms with Gasteiger partial charge in [-0.1, -0.05) is 31.4 Å². The van der Waals surface area contributed by atoms with Gasteiger partial charge in [0.15, 0.2) is 11.0 Å². The molecule has 2 rings (SSSR count). The molecule has 1 aliphatic rings. The van der Waals surface area contributed by atoms with Gasteiger partial charge < -0.3 is 4.90 Å². The minimum absolute atomic E-state index is 0.530. The summed E-state index contributed by atoms with van der Waals surface area (Å²) in [6, 6.07) is 0.566. The highest BCUT2D eigenvalue weighted by Crippen LogP contribution is 2.28. The fourth-order valence-electron chi connectivity index (χ4n) is 2.39. The standard InChI is InChI=1S/C12H18ClN3/c1-2-10-6-4-3-5-9-16(10)12-11(13)14-7-8-15-12/h7-8,10H,2-6,9H2,1H3. The van der Waals surface area contributed by atoms with Gasteiger partial charge in [0.05, 0.1) is 0 Å². The maximum absolute atomic E-state index is 6.12. The Morgan fingerprint density at radius 3 is 2.88 bits per heavy atom. The Balaban J connectivity index is 2.25. The van der Waals surface area contributed by atoms with Crippen molar-refractivity contribution in [1.82, 2.24) is 9.97 Å². The Bertz CT molecular complexity index is 343. The first-order valence-corrected chi connectivity index (χ1v) is 6.44. The summed E-state index contributed by atoms with van der Waals surface area (Å²) in [5.74, 6) is 0.859. The molecule has 0 spiro atoms. The maximum atomic E-state index is 6.12. The molecule has 0 aliphatic carbocycles. The molecule has 0 radical (unpaired) electrons. The number of hydrogen-bond donors (Lipinski definition) is 0. The van der Waals surface area contributed by atoms with E-state index in [2.05, 4.69) is 21.8 Å². The molecule has 0 amide bonds. The smallest absolute Gasteiger partial charge is 0.171 e. The van der Waals surface area contributed by atoms with E-state index < -0.39 is 0 Å². The molecule has 88 valence electrons. The summed E-state index contributed by atoms with van der Waals surface area (Å²) >= 11 is 6.12. The van der Waals surface area contributed by atoms with E-state index in [0.29, 0.717) is 11.2 Å². The van der Waals surface area contributed by atoms with Crippen molar-refractivity contribution in [2.45, 2.75) is 45.1 Å². The second-order valence-corrected chi connectivity index (χ2v) is 4.63. The lowest BCUT2D eigenvalue weighted by Crippen LogP contribution is -2.35. The Labute approximate surface area is 102 Å². The van der Waals surface area contributed by atoms with Crippen LogP contribution in [0.1, 0.15) is 39.0 Å². The molecule has 1 saturated heterocycles. The van der Waals surface area contributed by atoms with Crippen LogP contribution in [0.2, 0.25) is 5.15 Å². The van der Waals surface area contributed by atoms with E-state index in [4.69, 9.17) is 11.6 Å². The summed E-state index contributed by atoms with van der Waals surface area (Å²) in [5.41, 5.74) is 0. The molecule has 1 unspecified atom stereocenters. The van der Waals surface area contributed by atoms with Crippen molar-refractivity contribution in [3.05, 3.63) is 17.5 Å². The Hall–Kier alpha value is -0.830. The van der Waals surface area contributed by atoms with Crippen molar-refractivity contribution in [2.24, 2.45) is 0 Å². The second-order valence-electron chi connectivity index (χ2n) is 4.28. The molecule has 1 fully saturated rings. The number of rotatable bonds is 2. The van der Waals surface area contributed by atoms with Crippen LogP contribution in [0.5, 0.6) is 0 Å². The largest absolute Gasteiger partial charge is 0.351 e. The molecule has 2 heterocycles. The molecule has 0 aromatic carbocycles. The van der Waals surface area contributed by atoms with Crippen molar-refractivity contribution < 1.29 is 0 Å². The monoisotopic (exact) mass is 239 g/mol. The number of aromatic nitrogens is 2. The minimum atomic E-state index is 0.530. The van der Waals surface area contributed by atoms with Gasteiger partial charge in [0.25, 0.3) is 0 Å². The molecule has 3 nitrogen and oxygen atoms in total. The molecule has 0 bridgehead atoms. The fraction of sp³-hybridized carbons (Fsp3) is 0.667. The van der Waals surface area contributed by atoms with Gasteiger partial charge >= 0.3 is 0 Å². The minimum Gasteiger partial charge on any atom is -0.351 e. The lowest BCUT2D eigenvalue weighted by Gasteiger charge is -2.30. The lowest BCUT2D eigenvalue weighted by atomic mass is 10.1. The van der Waals surface area contributed by atoms with Crippen LogP contribution in [-0.2, 0) is 0 Å². The first-order valence-electron chi connectivity index (χ1n) is 6.06. The van der Waals surface area contributed by atoms with Gasteiger partial charge in [-0.3, -0.25) is 0 Å². The topological polar surface area (TPSA) is 29.0 Å². The molecule has 1 aromatic rings. The third-order valence-corrected chi connectivity index (χ3v) is 3.52. The summed E-state index contributed by atoms with van der Waals surface area (Å²) < 4.78 is 0. The number of hydrogen-bond acceptors (Lipinski definition) is 3. The molecule has 0 N–H and O–H groups in total. The van der Waals surface area contributed by atoms with Gasteiger partial charge in [0, 0.05) is 25.0 Å². The molecule has 0 saturated carbocycles. The van der Waals surface area contributed by atoms with Crippen LogP contribution in [0, 0.1) is 0 Å². The van der Waals surface area contributed by atoms with Crippen LogP contribution < -0.4 is 4.90 Å². The zero-order valence-electron chi connectivity index (χ0n) is 9.69. The Kier molecular flexibility index (Phi) is 3.99. The van der Waals surface area contributed by atoms with Crippen LogP contribution in [0.4, 0.5) is 5.82 Å². The first kappa shape index (κ1) is 11.6. The zero-order chi connectivity index (χ0) is 11.4. The summed E-state index contributed by atoms with van der Waals surface area (Å²) in [6.07, 6.45) is 9.60. The summed E-state index contributed by atoms with van der Waals surface area (Å²) in [6.45, 7) is 3.28. The summed E-state index contributed by atoms with van der Waals surface area (Å²) in [4.78, 5) is 10.8. The van der Waals surface area contributed by atoms with Crippen molar-refractivity contribution >= 4 is 17.4 Å². The van der Waals surface area contributed by atoms with E-state index in [1.807, 2.05) is 0 Å². The van der Waals surface area contributed by atoms with Gasteiger partial charge in [0.1, 0.15) is 0 Å². The Morgan fingerprint density at radius 1 is 1.31 bits per heavy atom. The zero-order valence-corrected chi connectivity index (χ0v) is 10.5. The van der Waals surface area contributed by atoms with Gasteiger partial charge in [-0.05, 0) is 19.3 Å². The normalized spacial score (nSPS) is 21.9. The second kappa shape index (κ2) is 5.48. The van der Waals surface area contributed by atoms with Gasteiger partial charge in [-0.2, -0.15) is 0 Å². The van der Waals surface area contributed by atoms with Gasteiger partial charge in [0.2, 0.25) is 0 Å². The highest BCUT2D eigenvalue weighted by molar-refractivity contribution is 6.31. The van der Waals surface area contributed by atoms with Crippen LogP contribution in [0.25, 0.3) is 0 Å². The van der Waals surface area contributed by atoms with Crippen molar-refractivity contribution in [3.8, 4) is 0 Å². The average molecular weight is 240 g/mol. The van der Waals surface area contributed by atoms with Crippen molar-refractivity contribution in [3.63, 3.8) is 0 Å². The molecule has 1 aliphatic heterocycles. The van der Waals surface area contributed by atoms with Crippen LogP contribution in [-0.4, -0.2) is 22.6 Å². The van der Waals surface area contributed by atoms with Crippen molar-refractivity contribution in [1.29, 1.82) is 0 Å². The summed E-state index contributed by atoms with van der Waals surface area (Å²) in [5, 5.41) is 0.530. The van der Waals surface area contributed by atoms with E-state index in [9.17, 15) is 0 Å².